The number of ketones is 1. The van der Waals surface area contributed by atoms with Crippen LogP contribution in [0.25, 0.3) is 0 Å². The van der Waals surface area contributed by atoms with Gasteiger partial charge in [-0.1, -0.05) is 14.9 Å². The average Bonchev–Trinajstić information content (AvgIpc) is 1.89. The van der Waals surface area contributed by atoms with Crippen molar-refractivity contribution in [1.29, 1.82) is 0 Å². The molecule has 0 fully saturated rings. The van der Waals surface area contributed by atoms with Gasteiger partial charge in [0.25, 0.3) is 0 Å². The van der Waals surface area contributed by atoms with Crippen LogP contribution in [0.1, 0.15) is 28.7 Å². The Morgan fingerprint density at radius 2 is 1.54 bits per heavy atom. The summed E-state index contributed by atoms with van der Waals surface area (Å²) in [6.07, 6.45) is 0. The lowest BCUT2D eigenvalue weighted by Gasteiger charge is -1.84. The van der Waals surface area contributed by atoms with E-state index in [1.807, 2.05) is 0 Å². The molecule has 0 aromatic rings. The van der Waals surface area contributed by atoms with E-state index < -0.39 is 0 Å². The number of carbonyl (C=O) groups is 2. The molecule has 0 radical (unpaired) electrons. The summed E-state index contributed by atoms with van der Waals surface area (Å²) in [4.78, 5) is 19.6. The average molecular weight is 193 g/mol. The third-order valence-corrected chi connectivity index (χ3v) is 0.700. The van der Waals surface area contributed by atoms with Crippen molar-refractivity contribution in [2.24, 2.45) is 0 Å². The zero-order valence-corrected chi connectivity index (χ0v) is 7.43. The number of carbonyl (C=O) groups excluding carboxylic acids is 2. The zero-order chi connectivity index (χ0) is 9.28. The Kier molecular flexibility index (Phi) is 30.2. The molecule has 0 aliphatic carbocycles. The van der Waals surface area contributed by atoms with Crippen LogP contribution in [0.5, 0.6) is 0 Å². The molecule has 4 nitrogen and oxygen atoms in total. The van der Waals surface area contributed by atoms with Crippen LogP contribution >= 0.6 is 0 Å². The van der Waals surface area contributed by atoms with E-state index in [9.17, 15) is 9.59 Å². The van der Waals surface area contributed by atoms with Crippen LogP contribution in [0.3, 0.4) is 0 Å². The smallest absolute Gasteiger partial charge is 0.216 e. The largest absolute Gasteiger partial charge is 0.377 e. The first-order chi connectivity index (χ1) is 5.04. The van der Waals surface area contributed by atoms with Gasteiger partial charge in [-0.05, 0) is 6.92 Å². The predicted octanol–water partition coefficient (Wildman–Crippen LogP) is 1.25. The van der Waals surface area contributed by atoms with E-state index in [-0.39, 0.29) is 33.2 Å². The van der Waals surface area contributed by atoms with Crippen LogP contribution < -0.4 is 5.32 Å². The van der Waals surface area contributed by atoms with Gasteiger partial charge in [-0.3, -0.25) is 9.59 Å². The molecular weight excluding hydrogens is 170 g/mol. The highest BCUT2D eigenvalue weighted by Crippen LogP contribution is 1.65. The van der Waals surface area contributed by atoms with Crippen molar-refractivity contribution in [3.05, 3.63) is 0 Å². The maximum Gasteiger partial charge on any atom is 0.216 e. The first-order valence-electron chi connectivity index (χ1n) is 3.21. The second-order valence-electron chi connectivity index (χ2n) is 1.94. The first-order valence-corrected chi connectivity index (χ1v) is 3.21. The lowest BCUT2D eigenvalue weighted by Crippen LogP contribution is -2.11. The SMILES string of the molecule is C.C.CNC(C)=O.COCC(C)=O. The van der Waals surface area contributed by atoms with E-state index in [4.69, 9.17) is 0 Å². The number of ether oxygens (including phenoxy) is 1. The summed E-state index contributed by atoms with van der Waals surface area (Å²) in [5.41, 5.74) is 0. The fourth-order valence-electron chi connectivity index (χ4n) is 0.203. The number of hydrogen-bond donors (Lipinski definition) is 1. The maximum absolute atomic E-state index is 9.92. The van der Waals surface area contributed by atoms with Gasteiger partial charge < -0.3 is 10.1 Å². The molecule has 0 saturated heterocycles. The topological polar surface area (TPSA) is 55.4 Å². The molecule has 0 saturated carbocycles. The highest BCUT2D eigenvalue weighted by molar-refractivity contribution is 5.76. The molecule has 13 heavy (non-hydrogen) atoms. The van der Waals surface area contributed by atoms with E-state index in [1.165, 1.54) is 21.0 Å². The van der Waals surface area contributed by atoms with Gasteiger partial charge in [0.05, 0.1) is 0 Å². The molecule has 4 heteroatoms. The van der Waals surface area contributed by atoms with Crippen LogP contribution in [0.4, 0.5) is 0 Å². The number of Topliss-reactive ketones (excluding diaryl/α,β-unsaturated/α-hetero) is 1. The highest BCUT2D eigenvalue weighted by Gasteiger charge is 1.83. The Morgan fingerprint density at radius 3 is 1.54 bits per heavy atom. The van der Waals surface area contributed by atoms with E-state index in [0.717, 1.165) is 0 Å². The third kappa shape index (κ3) is 54.7. The summed E-state index contributed by atoms with van der Waals surface area (Å²) in [5.74, 6) is 0.0718. The van der Waals surface area contributed by atoms with Crippen molar-refractivity contribution in [2.75, 3.05) is 20.8 Å². The highest BCUT2D eigenvalue weighted by atomic mass is 16.5. The van der Waals surface area contributed by atoms with Gasteiger partial charge in [-0.15, -0.1) is 0 Å². The number of nitrogens with one attached hydrogen (secondary N) is 1. The predicted molar refractivity (Wildman–Crippen MR) is 55.8 cm³/mol. The normalized spacial score (nSPS) is 6.46. The molecule has 0 bridgehead atoms. The Morgan fingerprint density at radius 1 is 1.23 bits per heavy atom. The van der Waals surface area contributed by atoms with E-state index in [2.05, 4.69) is 10.1 Å². The molecule has 0 spiro atoms. The minimum Gasteiger partial charge on any atom is -0.377 e. The molecule has 0 aromatic carbocycles. The van der Waals surface area contributed by atoms with E-state index in [1.54, 1.807) is 7.05 Å². The van der Waals surface area contributed by atoms with Crippen LogP contribution in [0.2, 0.25) is 0 Å². The fraction of sp³-hybridized carbons (Fsp3) is 0.778. The van der Waals surface area contributed by atoms with Crippen molar-refractivity contribution in [1.82, 2.24) is 5.32 Å². The molecule has 0 aliphatic rings. The Balaban J connectivity index is -0.0000000546. The van der Waals surface area contributed by atoms with E-state index in [0.29, 0.717) is 0 Å². The molecule has 0 rings (SSSR count). The molecule has 0 heterocycles. The number of rotatable bonds is 2. The van der Waals surface area contributed by atoms with Gasteiger partial charge >= 0.3 is 0 Å². The van der Waals surface area contributed by atoms with Crippen molar-refractivity contribution < 1.29 is 14.3 Å². The molecule has 0 aliphatic heterocycles. The molecule has 0 unspecified atom stereocenters. The fourth-order valence-corrected chi connectivity index (χ4v) is 0.203. The lowest BCUT2D eigenvalue weighted by atomic mass is 10.5. The maximum atomic E-state index is 9.92. The minimum atomic E-state index is 0. The Bertz CT molecular complexity index is 124. The monoisotopic (exact) mass is 193 g/mol. The standard InChI is InChI=1S/C4H8O2.C3H7NO.2CH4/c1-4(5)3-6-2;1-3(5)4-2;;/h3H2,1-2H3;1-2H3,(H,4,5);2*1H4. The second kappa shape index (κ2) is 17.3. The molecule has 0 aromatic heterocycles. The lowest BCUT2D eigenvalue weighted by molar-refractivity contribution is -0.120. The quantitative estimate of drug-likeness (QED) is 0.718. The van der Waals surface area contributed by atoms with Crippen LogP contribution in [-0.2, 0) is 14.3 Å². The Hall–Kier alpha value is -0.900. The van der Waals surface area contributed by atoms with Gasteiger partial charge in [-0.2, -0.15) is 0 Å². The van der Waals surface area contributed by atoms with Gasteiger partial charge in [-0.25, -0.2) is 0 Å². The molecule has 0 atom stereocenters. The van der Waals surface area contributed by atoms with Gasteiger partial charge in [0.1, 0.15) is 6.61 Å². The molecule has 82 valence electrons. The van der Waals surface area contributed by atoms with Crippen LogP contribution in [0.15, 0.2) is 0 Å². The molecule has 1 amide bonds. The van der Waals surface area contributed by atoms with Gasteiger partial charge in [0.2, 0.25) is 5.91 Å². The molecular formula is C9H23NO3. The number of hydrogen-bond acceptors (Lipinski definition) is 3. The summed E-state index contributed by atoms with van der Waals surface area (Å²) < 4.78 is 4.45. The van der Waals surface area contributed by atoms with Crippen LogP contribution in [0, 0.1) is 0 Å². The summed E-state index contributed by atoms with van der Waals surface area (Å²) in [7, 11) is 3.10. The summed E-state index contributed by atoms with van der Waals surface area (Å²) in [6.45, 7) is 3.20. The first kappa shape index (κ1) is 22.7. The summed E-state index contributed by atoms with van der Waals surface area (Å²) >= 11 is 0. The second-order valence-corrected chi connectivity index (χ2v) is 1.94. The number of methoxy groups -OCH3 is 1. The summed E-state index contributed by atoms with van der Waals surface area (Å²) in [6, 6.07) is 0. The van der Waals surface area contributed by atoms with Crippen molar-refractivity contribution >= 4 is 11.7 Å². The summed E-state index contributed by atoms with van der Waals surface area (Å²) in [5, 5.41) is 2.39. The number of amides is 1. The van der Waals surface area contributed by atoms with E-state index >= 15 is 0 Å². The minimum absolute atomic E-state index is 0. The van der Waals surface area contributed by atoms with Gasteiger partial charge in [0.15, 0.2) is 5.78 Å². The van der Waals surface area contributed by atoms with Crippen LogP contribution in [-0.4, -0.2) is 32.5 Å². The van der Waals surface area contributed by atoms with Crippen molar-refractivity contribution in [2.45, 2.75) is 28.7 Å². The zero-order valence-electron chi connectivity index (χ0n) is 7.43. The van der Waals surface area contributed by atoms with Crippen molar-refractivity contribution in [3.63, 3.8) is 0 Å². The Labute approximate surface area is 81.7 Å². The van der Waals surface area contributed by atoms with Crippen molar-refractivity contribution in [3.8, 4) is 0 Å². The third-order valence-electron chi connectivity index (χ3n) is 0.700. The van der Waals surface area contributed by atoms with Gasteiger partial charge in [0, 0.05) is 21.1 Å². The molecule has 1 N–H and O–H groups in total.